The molecule has 3 heteroatoms. The fraction of sp³-hybridized carbons (Fsp3) is 0.0179. The lowest BCUT2D eigenvalue weighted by Crippen LogP contribution is -2.26. The molecule has 0 unspecified atom stereocenters. The number of hydrogen-bond donors (Lipinski definition) is 0. The summed E-state index contributed by atoms with van der Waals surface area (Å²) >= 11 is 0. The average Bonchev–Trinajstić information content (AvgIpc) is 3.93. The van der Waals surface area contributed by atoms with Crippen LogP contribution in [0.4, 0.5) is 17.1 Å². The Hall–Kier alpha value is -7.75. The molecule has 1 spiro atoms. The molecule has 12 rings (SSSR count). The number of hydrogen-bond acceptors (Lipinski definition) is 2. The molecule has 0 bridgehead atoms. The lowest BCUT2D eigenvalue weighted by atomic mass is 9.70. The number of benzene rings is 8. The van der Waals surface area contributed by atoms with Crippen LogP contribution in [0.3, 0.4) is 0 Å². The second kappa shape index (κ2) is 13.2. The van der Waals surface area contributed by atoms with Crippen molar-refractivity contribution in [3.63, 3.8) is 0 Å². The Kier molecular flexibility index (Phi) is 7.45. The fourth-order valence-corrected chi connectivity index (χ4v) is 10.1. The normalized spacial score (nSPS) is 12.9. The Morgan fingerprint density at radius 3 is 1.37 bits per heavy atom. The molecule has 2 heterocycles. The van der Waals surface area contributed by atoms with Gasteiger partial charge in [-0.25, -0.2) is 4.98 Å². The van der Waals surface area contributed by atoms with Crippen LogP contribution < -0.4 is 4.90 Å². The summed E-state index contributed by atoms with van der Waals surface area (Å²) in [5.74, 6) is 0. The summed E-state index contributed by atoms with van der Waals surface area (Å²) in [6.45, 7) is 0. The zero-order valence-electron chi connectivity index (χ0n) is 32.2. The molecule has 10 aromatic rings. The number of aromatic nitrogens is 2. The summed E-state index contributed by atoms with van der Waals surface area (Å²) < 4.78 is 2.54. The molecule has 2 aliphatic rings. The van der Waals surface area contributed by atoms with Crippen molar-refractivity contribution in [3.05, 3.63) is 247 Å². The van der Waals surface area contributed by atoms with Gasteiger partial charge in [-0.3, -0.25) is 0 Å². The smallest absolute Gasteiger partial charge is 0.0748 e. The largest absolute Gasteiger partial charge is 0.310 e. The molecule has 2 aliphatic carbocycles. The highest BCUT2D eigenvalue weighted by atomic mass is 15.1. The number of nitrogens with zero attached hydrogens (tertiary/aromatic N) is 3. The van der Waals surface area contributed by atoms with Crippen molar-refractivity contribution < 1.29 is 0 Å². The van der Waals surface area contributed by atoms with Gasteiger partial charge in [0.25, 0.3) is 0 Å². The average molecular weight is 752 g/mol. The van der Waals surface area contributed by atoms with Crippen molar-refractivity contribution in [2.75, 3.05) is 4.90 Å². The second-order valence-corrected chi connectivity index (χ2v) is 15.5. The van der Waals surface area contributed by atoms with E-state index in [0.717, 1.165) is 50.8 Å². The molecule has 0 N–H and O–H groups in total. The van der Waals surface area contributed by atoms with E-state index in [0.29, 0.717) is 0 Å². The van der Waals surface area contributed by atoms with Crippen LogP contribution in [-0.4, -0.2) is 9.55 Å². The Morgan fingerprint density at radius 1 is 0.407 bits per heavy atom. The van der Waals surface area contributed by atoms with Crippen LogP contribution in [0.5, 0.6) is 0 Å². The lowest BCUT2D eigenvalue weighted by Gasteiger charge is -2.32. The molecule has 3 nitrogen and oxygen atoms in total. The van der Waals surface area contributed by atoms with Crippen molar-refractivity contribution in [3.8, 4) is 50.6 Å². The van der Waals surface area contributed by atoms with Gasteiger partial charge in [-0.05, 0) is 76.3 Å². The van der Waals surface area contributed by atoms with Gasteiger partial charge in [0.1, 0.15) is 0 Å². The Bertz CT molecular complexity index is 3060. The highest BCUT2D eigenvalue weighted by Gasteiger charge is 2.54. The van der Waals surface area contributed by atoms with Crippen molar-refractivity contribution in [2.45, 2.75) is 5.41 Å². The predicted octanol–water partition coefficient (Wildman–Crippen LogP) is 14.2. The lowest BCUT2D eigenvalue weighted by molar-refractivity contribution is 0.801. The summed E-state index contributed by atoms with van der Waals surface area (Å²) in [6, 6.07) is 81.5. The first-order chi connectivity index (χ1) is 29.3. The third-order valence-electron chi connectivity index (χ3n) is 12.4. The van der Waals surface area contributed by atoms with Gasteiger partial charge in [0.15, 0.2) is 0 Å². The van der Waals surface area contributed by atoms with Crippen molar-refractivity contribution in [2.24, 2.45) is 0 Å². The third-order valence-corrected chi connectivity index (χ3v) is 12.4. The van der Waals surface area contributed by atoms with E-state index in [2.05, 4.69) is 234 Å². The first-order valence-corrected chi connectivity index (χ1v) is 20.3. The fourth-order valence-electron chi connectivity index (χ4n) is 10.1. The van der Waals surface area contributed by atoms with E-state index < -0.39 is 5.41 Å². The maximum atomic E-state index is 5.34. The summed E-state index contributed by atoms with van der Waals surface area (Å²) in [5.41, 5.74) is 19.3. The Morgan fingerprint density at radius 2 is 0.847 bits per heavy atom. The highest BCUT2D eigenvalue weighted by molar-refractivity contribution is 6.11. The Balaban J connectivity index is 1.28. The maximum absolute atomic E-state index is 5.34. The number of anilines is 3. The molecule has 0 radical (unpaired) electrons. The topological polar surface area (TPSA) is 21.1 Å². The van der Waals surface area contributed by atoms with E-state index >= 15 is 0 Å². The zero-order valence-corrected chi connectivity index (χ0v) is 32.2. The van der Waals surface area contributed by atoms with Gasteiger partial charge in [-0.1, -0.05) is 176 Å². The maximum Gasteiger partial charge on any atom is 0.0748 e. The molecule has 276 valence electrons. The first kappa shape index (κ1) is 33.4. The molecule has 8 aromatic carbocycles. The predicted molar refractivity (Wildman–Crippen MR) is 243 cm³/mol. The van der Waals surface area contributed by atoms with Gasteiger partial charge in [0.05, 0.1) is 39.4 Å². The molecule has 0 saturated carbocycles. The molecule has 0 saturated heterocycles. The number of rotatable bonds is 6. The summed E-state index contributed by atoms with van der Waals surface area (Å²) in [6.07, 6.45) is 0. The van der Waals surface area contributed by atoms with E-state index in [1.165, 1.54) is 50.0 Å². The third kappa shape index (κ3) is 4.85. The number of para-hydroxylation sites is 2. The molecular weight excluding hydrogens is 715 g/mol. The van der Waals surface area contributed by atoms with Crippen molar-refractivity contribution in [1.82, 2.24) is 9.55 Å². The monoisotopic (exact) mass is 751 g/mol. The minimum atomic E-state index is -0.574. The van der Waals surface area contributed by atoms with Gasteiger partial charge in [-0.2, -0.15) is 0 Å². The van der Waals surface area contributed by atoms with E-state index in [9.17, 15) is 0 Å². The summed E-state index contributed by atoms with van der Waals surface area (Å²) in [7, 11) is 0. The molecular formula is C56H37N3. The number of pyridine rings is 1. The van der Waals surface area contributed by atoms with Gasteiger partial charge in [0, 0.05) is 39.0 Å². The second-order valence-electron chi connectivity index (χ2n) is 15.5. The van der Waals surface area contributed by atoms with Crippen LogP contribution in [0.25, 0.3) is 61.5 Å². The van der Waals surface area contributed by atoms with E-state index in [1.54, 1.807) is 0 Å². The Labute approximate surface area is 343 Å². The van der Waals surface area contributed by atoms with Crippen LogP contribution >= 0.6 is 0 Å². The van der Waals surface area contributed by atoms with Gasteiger partial charge in [0.2, 0.25) is 0 Å². The minimum Gasteiger partial charge on any atom is -0.310 e. The zero-order chi connectivity index (χ0) is 38.9. The highest BCUT2D eigenvalue weighted by Crippen LogP contribution is 2.66. The van der Waals surface area contributed by atoms with Gasteiger partial charge >= 0.3 is 0 Å². The van der Waals surface area contributed by atoms with E-state index in [-0.39, 0.29) is 0 Å². The quantitative estimate of drug-likeness (QED) is 0.169. The molecule has 2 aromatic heterocycles. The molecule has 0 amide bonds. The summed E-state index contributed by atoms with van der Waals surface area (Å²) in [4.78, 5) is 7.77. The van der Waals surface area contributed by atoms with E-state index in [1.807, 2.05) is 0 Å². The van der Waals surface area contributed by atoms with Crippen LogP contribution in [-0.2, 0) is 5.41 Å². The molecule has 0 fully saturated rings. The van der Waals surface area contributed by atoms with Crippen LogP contribution in [0.15, 0.2) is 224 Å². The van der Waals surface area contributed by atoms with Gasteiger partial charge < -0.3 is 9.47 Å². The van der Waals surface area contributed by atoms with Gasteiger partial charge in [-0.15, -0.1) is 0 Å². The first-order valence-electron chi connectivity index (χ1n) is 20.3. The summed E-state index contributed by atoms with van der Waals surface area (Å²) in [5, 5.41) is 1.22. The SMILES string of the molecule is c1ccc(-c2cc(-n3c4c(c5c(N(c6ccccc6)c6ccccc6)cccc53)C3(c5ccccc5-c5ccccc53)c3ccccc3-4)cc(-c3ccccc3)n2)cc1. The van der Waals surface area contributed by atoms with Crippen LogP contribution in [0, 0.1) is 0 Å². The van der Waals surface area contributed by atoms with Crippen LogP contribution in [0.1, 0.15) is 22.3 Å². The number of fused-ring (bicyclic) bond motifs is 12. The minimum absolute atomic E-state index is 0.574. The van der Waals surface area contributed by atoms with E-state index in [4.69, 9.17) is 4.98 Å². The van der Waals surface area contributed by atoms with Crippen molar-refractivity contribution in [1.29, 1.82) is 0 Å². The molecule has 59 heavy (non-hydrogen) atoms. The van der Waals surface area contributed by atoms with Crippen LogP contribution in [0.2, 0.25) is 0 Å². The standard InChI is InChI=1S/C56H37N3/c1-5-20-38(21-6-1)49-36-42(37-50(57-49)39-22-7-2-8-23-39)59-52-35-19-34-51(58(40-24-9-3-10-25-40)41-26-11-4-12-27-41)53(52)54-55(59)45-30-15-18-33-48(45)56(54)46-31-16-13-28-43(46)44-29-14-17-32-47(44)56/h1-37H. The molecule has 0 aliphatic heterocycles. The van der Waals surface area contributed by atoms with Crippen molar-refractivity contribution >= 4 is 28.0 Å². The molecule has 0 atom stereocenters.